The molecule has 166 valence electrons. The van der Waals surface area contributed by atoms with Crippen LogP contribution in [0.1, 0.15) is 116 Å². The van der Waals surface area contributed by atoms with Gasteiger partial charge in [0.1, 0.15) is 5.75 Å². The van der Waals surface area contributed by atoms with E-state index in [0.29, 0.717) is 22.8 Å². The molecule has 0 aromatic heterocycles. The Morgan fingerprint density at radius 2 is 1.38 bits per heavy atom. The fourth-order valence-corrected chi connectivity index (χ4v) is 4.18. The normalized spacial score (nSPS) is 15.6. The summed E-state index contributed by atoms with van der Waals surface area (Å²) in [6, 6.07) is 1.54. The Balaban J connectivity index is 1.75. The average molecular weight is 405 g/mol. The molecule has 0 atom stereocenters. The third-order valence-corrected chi connectivity index (χ3v) is 6.61. The first kappa shape index (κ1) is 23.9. The smallest absolute Gasteiger partial charge is 0.164 e. The number of aromatic hydroxyl groups is 3. The first-order valence-corrected chi connectivity index (χ1v) is 11.9. The summed E-state index contributed by atoms with van der Waals surface area (Å²) in [7, 11) is 0. The summed E-state index contributed by atoms with van der Waals surface area (Å²) in [6.07, 6.45) is 15.8. The summed E-state index contributed by atoms with van der Waals surface area (Å²) in [5.74, 6) is -0.0374. The quantitative estimate of drug-likeness (QED) is 0.180. The Kier molecular flexibility index (Phi) is 8.73. The zero-order valence-electron chi connectivity index (χ0n) is 19.3. The van der Waals surface area contributed by atoms with E-state index in [9.17, 15) is 15.3 Å². The van der Waals surface area contributed by atoms with Crippen LogP contribution in [-0.4, -0.2) is 15.3 Å². The molecule has 0 amide bonds. The lowest BCUT2D eigenvalue weighted by Gasteiger charge is -2.17. The molecule has 0 spiro atoms. The van der Waals surface area contributed by atoms with Crippen molar-refractivity contribution in [3.63, 3.8) is 0 Å². The van der Waals surface area contributed by atoms with Crippen LogP contribution >= 0.6 is 0 Å². The van der Waals surface area contributed by atoms with Gasteiger partial charge in [0.25, 0.3) is 0 Å². The van der Waals surface area contributed by atoms with Gasteiger partial charge in [-0.2, -0.15) is 0 Å². The molecule has 29 heavy (non-hydrogen) atoms. The second kappa shape index (κ2) is 10.6. The van der Waals surface area contributed by atoms with Crippen molar-refractivity contribution in [3.8, 4) is 17.2 Å². The van der Waals surface area contributed by atoms with Gasteiger partial charge in [-0.1, -0.05) is 66.2 Å². The molecule has 0 aliphatic heterocycles. The molecule has 1 aliphatic carbocycles. The number of unbranched alkanes of at least 4 members (excludes halogenated alkanes) is 6. The highest BCUT2D eigenvalue weighted by molar-refractivity contribution is 5.56. The molecule has 1 aromatic carbocycles. The average Bonchev–Trinajstić information content (AvgIpc) is 3.37. The minimum Gasteiger partial charge on any atom is -0.507 e. The van der Waals surface area contributed by atoms with Gasteiger partial charge < -0.3 is 15.3 Å². The maximum atomic E-state index is 10.6. The molecular weight excluding hydrogens is 360 g/mol. The van der Waals surface area contributed by atoms with Gasteiger partial charge >= 0.3 is 0 Å². The van der Waals surface area contributed by atoms with Gasteiger partial charge in [-0.3, -0.25) is 0 Å². The predicted molar refractivity (Wildman–Crippen MR) is 122 cm³/mol. The molecule has 1 fully saturated rings. The van der Waals surface area contributed by atoms with Crippen LogP contribution in [0.25, 0.3) is 0 Å². The number of aryl methyl sites for hydroxylation is 1. The molecule has 2 rings (SSSR count). The van der Waals surface area contributed by atoms with E-state index in [1.807, 2.05) is 0 Å². The molecule has 0 unspecified atom stereocenters. The molecule has 0 radical (unpaired) electrons. The van der Waals surface area contributed by atoms with Gasteiger partial charge in [0.2, 0.25) is 0 Å². The Hall–Kier alpha value is -1.38. The van der Waals surface area contributed by atoms with Crippen LogP contribution in [0, 0.1) is 10.8 Å². The molecule has 1 aliphatic rings. The van der Waals surface area contributed by atoms with Gasteiger partial charge in [0.15, 0.2) is 11.5 Å². The van der Waals surface area contributed by atoms with E-state index >= 15 is 0 Å². The van der Waals surface area contributed by atoms with E-state index in [4.69, 9.17) is 0 Å². The van der Waals surface area contributed by atoms with Crippen LogP contribution in [0.2, 0.25) is 0 Å². The van der Waals surface area contributed by atoms with Gasteiger partial charge in [-0.05, 0) is 73.8 Å². The van der Waals surface area contributed by atoms with E-state index in [0.717, 1.165) is 37.7 Å². The zero-order valence-corrected chi connectivity index (χ0v) is 19.3. The fraction of sp³-hybridized carbons (Fsp3) is 0.769. The van der Waals surface area contributed by atoms with E-state index in [1.54, 1.807) is 6.07 Å². The summed E-state index contributed by atoms with van der Waals surface area (Å²) in [5.41, 5.74) is 2.32. The molecule has 3 nitrogen and oxygen atoms in total. The lowest BCUT2D eigenvalue weighted by molar-refractivity contribution is 0.357. The molecule has 1 aromatic rings. The van der Waals surface area contributed by atoms with Crippen LogP contribution in [0.4, 0.5) is 0 Å². The van der Waals surface area contributed by atoms with Crippen LogP contribution in [0.3, 0.4) is 0 Å². The van der Waals surface area contributed by atoms with Crippen molar-refractivity contribution in [2.45, 2.75) is 118 Å². The van der Waals surface area contributed by atoms with Crippen molar-refractivity contribution in [3.05, 3.63) is 17.2 Å². The van der Waals surface area contributed by atoms with Crippen LogP contribution in [0.5, 0.6) is 17.2 Å². The molecule has 3 N–H and O–H groups in total. The second-order valence-electron chi connectivity index (χ2n) is 10.9. The lowest BCUT2D eigenvalue weighted by atomic mass is 9.89. The van der Waals surface area contributed by atoms with Crippen molar-refractivity contribution in [2.24, 2.45) is 10.8 Å². The Bertz CT molecular complexity index is 638. The minimum absolute atomic E-state index is 0.0952. The van der Waals surface area contributed by atoms with Gasteiger partial charge in [0, 0.05) is 5.56 Å². The maximum Gasteiger partial charge on any atom is 0.164 e. The molecular formula is C26H44O3. The molecule has 3 heteroatoms. The number of rotatable bonds is 13. The minimum atomic E-state index is -0.137. The first-order chi connectivity index (χ1) is 13.6. The Morgan fingerprint density at radius 1 is 0.793 bits per heavy atom. The van der Waals surface area contributed by atoms with Crippen molar-refractivity contribution in [1.82, 2.24) is 0 Å². The highest BCUT2D eigenvalue weighted by Crippen LogP contribution is 2.49. The summed E-state index contributed by atoms with van der Waals surface area (Å²) < 4.78 is 0. The molecule has 0 bridgehead atoms. The Labute approximate surface area is 178 Å². The van der Waals surface area contributed by atoms with Crippen molar-refractivity contribution >= 4 is 0 Å². The monoisotopic (exact) mass is 404 g/mol. The number of phenolic OH excluding ortho intramolecular Hbond substituents is 3. The maximum absolute atomic E-state index is 10.6. The van der Waals surface area contributed by atoms with Gasteiger partial charge in [-0.15, -0.1) is 0 Å². The standard InChI is InChI=1S/C26H44O3/c1-25(2,3)15-11-7-5-9-13-20-19-22(27)24(29)21(23(20)28)14-10-6-8-12-16-26(4)17-18-26/h19,27-29H,5-18H2,1-4H3. The predicted octanol–water partition coefficient (Wildman–Crippen LogP) is 7.64. The first-order valence-electron chi connectivity index (χ1n) is 11.9. The molecule has 0 saturated heterocycles. The van der Waals surface area contributed by atoms with E-state index in [2.05, 4.69) is 27.7 Å². The zero-order chi connectivity index (χ0) is 21.5. The summed E-state index contributed by atoms with van der Waals surface area (Å²) in [6.45, 7) is 9.21. The van der Waals surface area contributed by atoms with Crippen LogP contribution in [0.15, 0.2) is 6.07 Å². The Morgan fingerprint density at radius 3 is 2.00 bits per heavy atom. The largest absolute Gasteiger partial charge is 0.507 e. The van der Waals surface area contributed by atoms with E-state index < -0.39 is 0 Å². The van der Waals surface area contributed by atoms with Crippen molar-refractivity contribution < 1.29 is 15.3 Å². The summed E-state index contributed by atoms with van der Waals surface area (Å²) in [4.78, 5) is 0. The fourth-order valence-electron chi connectivity index (χ4n) is 4.18. The van der Waals surface area contributed by atoms with Gasteiger partial charge in [-0.25, -0.2) is 0 Å². The molecule has 1 saturated carbocycles. The summed E-state index contributed by atoms with van der Waals surface area (Å²) in [5, 5.41) is 31.0. The van der Waals surface area contributed by atoms with Crippen LogP contribution in [-0.2, 0) is 12.8 Å². The third kappa shape index (κ3) is 8.48. The number of hydrogen-bond acceptors (Lipinski definition) is 3. The van der Waals surface area contributed by atoms with Crippen molar-refractivity contribution in [1.29, 1.82) is 0 Å². The summed E-state index contributed by atoms with van der Waals surface area (Å²) >= 11 is 0. The number of phenols is 3. The van der Waals surface area contributed by atoms with Crippen LogP contribution < -0.4 is 0 Å². The van der Waals surface area contributed by atoms with Crippen molar-refractivity contribution in [2.75, 3.05) is 0 Å². The lowest BCUT2D eigenvalue weighted by Crippen LogP contribution is -2.03. The number of hydrogen-bond donors (Lipinski definition) is 3. The van der Waals surface area contributed by atoms with E-state index in [-0.39, 0.29) is 17.2 Å². The van der Waals surface area contributed by atoms with E-state index in [1.165, 1.54) is 51.4 Å². The topological polar surface area (TPSA) is 60.7 Å². The second-order valence-corrected chi connectivity index (χ2v) is 10.9. The van der Waals surface area contributed by atoms with Gasteiger partial charge in [0.05, 0.1) is 0 Å². The SMILES string of the molecule is CC(C)(C)CCCCCCc1cc(O)c(O)c(CCCCCCC2(C)CC2)c1O. The number of benzene rings is 1. The molecule has 0 heterocycles. The highest BCUT2D eigenvalue weighted by atomic mass is 16.3. The third-order valence-electron chi connectivity index (χ3n) is 6.61. The highest BCUT2D eigenvalue weighted by Gasteiger charge is 2.35.